The molecule has 0 saturated heterocycles. The number of thioether (sulfide) groups is 1. The van der Waals surface area contributed by atoms with Crippen LogP contribution in [-0.2, 0) is 16.3 Å². The lowest BCUT2D eigenvalue weighted by atomic mass is 10.1. The van der Waals surface area contributed by atoms with Crippen LogP contribution in [0.4, 0.5) is 5.82 Å². The first kappa shape index (κ1) is 18.9. The number of nitrogens with one attached hydrogen (secondary N) is 1. The zero-order valence-electron chi connectivity index (χ0n) is 15.6. The first-order valence-electron chi connectivity index (χ1n) is 8.94. The zero-order valence-corrected chi connectivity index (χ0v) is 17.2. The van der Waals surface area contributed by atoms with E-state index in [1.807, 2.05) is 30.3 Å². The molecule has 4 rings (SSSR count). The minimum absolute atomic E-state index is 0.237. The van der Waals surface area contributed by atoms with E-state index >= 15 is 0 Å². The molecule has 0 aliphatic carbocycles. The smallest absolute Gasteiger partial charge is 0.269 e. The first-order valence-corrected chi connectivity index (χ1v) is 10.5. The molecular weight excluding hydrogens is 394 g/mol. The highest BCUT2D eigenvalue weighted by Gasteiger charge is 2.33. The third-order valence-corrected chi connectivity index (χ3v) is 5.74. The molecule has 1 N–H and O–H groups in total. The Morgan fingerprint density at radius 3 is 2.57 bits per heavy atom. The van der Waals surface area contributed by atoms with Gasteiger partial charge in [-0.15, -0.1) is 0 Å². The van der Waals surface area contributed by atoms with Crippen LogP contribution in [0.2, 0.25) is 5.02 Å². The van der Waals surface area contributed by atoms with Crippen molar-refractivity contribution in [3.05, 3.63) is 70.9 Å². The second-order valence-electron chi connectivity index (χ2n) is 7.03. The lowest BCUT2D eigenvalue weighted by Gasteiger charge is -2.25. The van der Waals surface area contributed by atoms with Crippen molar-refractivity contribution >= 4 is 35.1 Å². The maximum absolute atomic E-state index is 13.1. The summed E-state index contributed by atoms with van der Waals surface area (Å²) in [6.45, 7) is 3.49. The predicted octanol–water partition coefficient (Wildman–Crippen LogP) is 5.07. The minimum atomic E-state index is -1.07. The van der Waals surface area contributed by atoms with Crippen LogP contribution >= 0.6 is 23.4 Å². The number of nitrogens with zero attached hydrogens (tertiary/aromatic N) is 2. The second kappa shape index (κ2) is 7.53. The molecule has 1 aliphatic heterocycles. The SMILES string of the molecule is CC(C)(Oc1ccc(Cl)cc1)C(=O)Nc1c2c(nn1-c1ccccc1)CSC2. The van der Waals surface area contributed by atoms with Gasteiger partial charge in [-0.05, 0) is 50.2 Å². The van der Waals surface area contributed by atoms with Crippen LogP contribution in [0.3, 0.4) is 0 Å². The Morgan fingerprint density at radius 2 is 1.86 bits per heavy atom. The maximum Gasteiger partial charge on any atom is 0.269 e. The van der Waals surface area contributed by atoms with Crippen LogP contribution in [0.15, 0.2) is 54.6 Å². The van der Waals surface area contributed by atoms with Crippen molar-refractivity contribution in [2.24, 2.45) is 0 Å². The number of benzene rings is 2. The van der Waals surface area contributed by atoms with E-state index in [9.17, 15) is 4.79 Å². The largest absolute Gasteiger partial charge is 0.478 e. The number of fused-ring (bicyclic) bond motifs is 1. The summed E-state index contributed by atoms with van der Waals surface area (Å²) in [5, 5.41) is 8.39. The van der Waals surface area contributed by atoms with Crippen molar-refractivity contribution in [1.29, 1.82) is 0 Å². The van der Waals surface area contributed by atoms with Gasteiger partial charge in [0.2, 0.25) is 0 Å². The Bertz CT molecular complexity index is 1000. The molecular formula is C21H20ClN3O2S. The van der Waals surface area contributed by atoms with Crippen LogP contribution in [-0.4, -0.2) is 21.3 Å². The topological polar surface area (TPSA) is 56.1 Å². The van der Waals surface area contributed by atoms with Gasteiger partial charge >= 0.3 is 0 Å². The van der Waals surface area contributed by atoms with E-state index in [4.69, 9.17) is 21.4 Å². The van der Waals surface area contributed by atoms with Gasteiger partial charge in [0.25, 0.3) is 5.91 Å². The van der Waals surface area contributed by atoms with Gasteiger partial charge in [0.05, 0.1) is 11.4 Å². The van der Waals surface area contributed by atoms with Crippen molar-refractivity contribution in [3.63, 3.8) is 0 Å². The van der Waals surface area contributed by atoms with Crippen molar-refractivity contribution in [1.82, 2.24) is 9.78 Å². The van der Waals surface area contributed by atoms with Gasteiger partial charge in [-0.25, -0.2) is 4.68 Å². The highest BCUT2D eigenvalue weighted by molar-refractivity contribution is 7.98. The molecule has 1 amide bonds. The highest BCUT2D eigenvalue weighted by atomic mass is 35.5. The molecule has 0 unspecified atom stereocenters. The van der Waals surface area contributed by atoms with Gasteiger partial charge in [0, 0.05) is 22.1 Å². The summed E-state index contributed by atoms with van der Waals surface area (Å²) in [5.74, 6) is 2.74. The Kier molecular flexibility index (Phi) is 5.08. The van der Waals surface area contributed by atoms with E-state index in [-0.39, 0.29) is 5.91 Å². The minimum Gasteiger partial charge on any atom is -0.478 e. The highest BCUT2D eigenvalue weighted by Crippen LogP contribution is 2.36. The monoisotopic (exact) mass is 413 g/mol. The van der Waals surface area contributed by atoms with Crippen LogP contribution in [0.25, 0.3) is 5.69 Å². The number of carbonyl (C=O) groups is 1. The summed E-state index contributed by atoms with van der Waals surface area (Å²) in [5.41, 5.74) is 1.93. The summed E-state index contributed by atoms with van der Waals surface area (Å²) in [7, 11) is 0. The molecule has 2 heterocycles. The zero-order chi connectivity index (χ0) is 19.7. The molecule has 1 aliphatic rings. The summed E-state index contributed by atoms with van der Waals surface area (Å²) >= 11 is 7.72. The molecule has 0 atom stereocenters. The molecule has 0 fully saturated rings. The number of hydrogen-bond acceptors (Lipinski definition) is 4. The summed E-state index contributed by atoms with van der Waals surface area (Å²) in [6.07, 6.45) is 0. The normalized spacial score (nSPS) is 13.2. The maximum atomic E-state index is 13.1. The van der Waals surface area contributed by atoms with E-state index in [0.717, 1.165) is 28.5 Å². The van der Waals surface area contributed by atoms with Crippen LogP contribution in [0.1, 0.15) is 25.1 Å². The summed E-state index contributed by atoms with van der Waals surface area (Å²) < 4.78 is 7.73. The van der Waals surface area contributed by atoms with Crippen LogP contribution in [0, 0.1) is 0 Å². The third-order valence-electron chi connectivity index (χ3n) is 4.52. The number of ether oxygens (including phenoxy) is 1. The van der Waals surface area contributed by atoms with Crippen LogP contribution < -0.4 is 10.1 Å². The molecule has 0 radical (unpaired) electrons. The molecule has 28 heavy (non-hydrogen) atoms. The van der Waals surface area contributed by atoms with Gasteiger partial charge in [-0.3, -0.25) is 4.79 Å². The number of para-hydroxylation sites is 1. The summed E-state index contributed by atoms with van der Waals surface area (Å²) in [4.78, 5) is 13.1. The molecule has 3 aromatic rings. The first-order chi connectivity index (χ1) is 13.4. The van der Waals surface area contributed by atoms with E-state index in [1.165, 1.54) is 0 Å². The number of amides is 1. The van der Waals surface area contributed by atoms with Crippen molar-refractivity contribution in [2.45, 2.75) is 31.0 Å². The van der Waals surface area contributed by atoms with Gasteiger partial charge < -0.3 is 10.1 Å². The molecule has 144 valence electrons. The van der Waals surface area contributed by atoms with Crippen molar-refractivity contribution in [3.8, 4) is 11.4 Å². The van der Waals surface area contributed by atoms with Crippen molar-refractivity contribution in [2.75, 3.05) is 5.32 Å². The van der Waals surface area contributed by atoms with Crippen LogP contribution in [0.5, 0.6) is 5.75 Å². The Hall–Kier alpha value is -2.44. The van der Waals surface area contributed by atoms with Gasteiger partial charge in [-0.2, -0.15) is 16.9 Å². The Labute approximate surface area is 173 Å². The Balaban J connectivity index is 1.61. The van der Waals surface area contributed by atoms with E-state index in [2.05, 4.69) is 5.32 Å². The fourth-order valence-corrected chi connectivity index (χ4v) is 4.16. The molecule has 0 bridgehead atoms. The number of rotatable bonds is 5. The third kappa shape index (κ3) is 3.75. The standard InChI is InChI=1S/C21H20ClN3O2S/c1-21(2,27-16-10-8-14(22)9-11-16)20(26)23-19-17-12-28-13-18(17)24-25(19)15-6-4-3-5-7-15/h3-11H,12-13H2,1-2H3,(H,23,26). The van der Waals surface area contributed by atoms with E-state index in [1.54, 1.807) is 54.6 Å². The fourth-order valence-electron chi connectivity index (χ4n) is 3.00. The van der Waals surface area contributed by atoms with E-state index in [0.29, 0.717) is 16.6 Å². The quantitative estimate of drug-likeness (QED) is 0.634. The molecule has 2 aromatic carbocycles. The average molecular weight is 414 g/mol. The predicted molar refractivity (Wildman–Crippen MR) is 113 cm³/mol. The number of aromatic nitrogens is 2. The number of carbonyl (C=O) groups excluding carboxylic acids is 1. The molecule has 0 saturated carbocycles. The Morgan fingerprint density at radius 1 is 1.14 bits per heavy atom. The number of anilines is 1. The molecule has 5 nitrogen and oxygen atoms in total. The second-order valence-corrected chi connectivity index (χ2v) is 8.46. The average Bonchev–Trinajstić information content (AvgIpc) is 3.27. The molecule has 0 spiro atoms. The van der Waals surface area contributed by atoms with Gasteiger partial charge in [0.1, 0.15) is 11.6 Å². The lowest BCUT2D eigenvalue weighted by molar-refractivity contribution is -0.128. The van der Waals surface area contributed by atoms with Crippen molar-refractivity contribution < 1.29 is 9.53 Å². The van der Waals surface area contributed by atoms with Gasteiger partial charge in [0.15, 0.2) is 5.60 Å². The van der Waals surface area contributed by atoms with E-state index < -0.39 is 5.60 Å². The summed E-state index contributed by atoms with van der Waals surface area (Å²) in [6, 6.07) is 16.8. The fraction of sp³-hybridized carbons (Fsp3) is 0.238. The molecule has 1 aromatic heterocycles. The van der Waals surface area contributed by atoms with Gasteiger partial charge in [-0.1, -0.05) is 29.8 Å². The number of hydrogen-bond donors (Lipinski definition) is 1. The molecule has 7 heteroatoms. The number of halogens is 1. The lowest BCUT2D eigenvalue weighted by Crippen LogP contribution is -2.43.